The minimum absolute atomic E-state index is 0.137. The van der Waals surface area contributed by atoms with E-state index in [0.29, 0.717) is 6.42 Å². The maximum atomic E-state index is 11.4. The van der Waals surface area contributed by atoms with Gasteiger partial charge in [0, 0.05) is 25.6 Å². The van der Waals surface area contributed by atoms with Gasteiger partial charge in [-0.15, -0.1) is 0 Å². The van der Waals surface area contributed by atoms with Crippen LogP contribution in [-0.4, -0.2) is 43.1 Å². The SMILES string of the molecule is CCC(=O)N1CCC(NC(=O)OC)CC1. The molecule has 1 aliphatic heterocycles. The van der Waals surface area contributed by atoms with Crippen LogP contribution in [0.15, 0.2) is 0 Å². The number of ether oxygens (including phenoxy) is 1. The van der Waals surface area contributed by atoms with Gasteiger partial charge in [0.2, 0.25) is 5.91 Å². The molecule has 0 radical (unpaired) electrons. The summed E-state index contributed by atoms with van der Waals surface area (Å²) < 4.78 is 4.52. The van der Waals surface area contributed by atoms with Gasteiger partial charge in [-0.2, -0.15) is 0 Å². The number of hydrogen-bond donors (Lipinski definition) is 1. The minimum atomic E-state index is -0.393. The molecule has 1 saturated heterocycles. The van der Waals surface area contributed by atoms with Gasteiger partial charge < -0.3 is 15.0 Å². The molecule has 0 aromatic heterocycles. The van der Waals surface area contributed by atoms with Crippen molar-refractivity contribution >= 4 is 12.0 Å². The highest BCUT2D eigenvalue weighted by Crippen LogP contribution is 2.11. The van der Waals surface area contributed by atoms with Crippen molar-refractivity contribution in [1.82, 2.24) is 10.2 Å². The molecule has 1 heterocycles. The van der Waals surface area contributed by atoms with E-state index in [2.05, 4.69) is 10.1 Å². The summed E-state index contributed by atoms with van der Waals surface area (Å²) in [5.74, 6) is 0.187. The van der Waals surface area contributed by atoms with Gasteiger partial charge in [-0.25, -0.2) is 4.79 Å². The standard InChI is InChI=1S/C10H18N2O3/c1-3-9(13)12-6-4-8(5-7-12)11-10(14)15-2/h8H,3-7H2,1-2H3,(H,11,14). The van der Waals surface area contributed by atoms with Crippen molar-refractivity contribution in [2.45, 2.75) is 32.2 Å². The van der Waals surface area contributed by atoms with Crippen LogP contribution in [0.3, 0.4) is 0 Å². The van der Waals surface area contributed by atoms with Crippen molar-refractivity contribution in [2.75, 3.05) is 20.2 Å². The zero-order valence-corrected chi connectivity index (χ0v) is 9.28. The Morgan fingerprint density at radius 3 is 2.47 bits per heavy atom. The first-order chi connectivity index (χ1) is 7.17. The van der Waals surface area contributed by atoms with E-state index in [4.69, 9.17) is 0 Å². The lowest BCUT2D eigenvalue weighted by Crippen LogP contribution is -2.46. The van der Waals surface area contributed by atoms with E-state index in [0.717, 1.165) is 25.9 Å². The Balaban J connectivity index is 2.29. The first-order valence-electron chi connectivity index (χ1n) is 5.29. The Kier molecular flexibility index (Phi) is 4.39. The molecule has 0 atom stereocenters. The molecule has 0 aromatic rings. The van der Waals surface area contributed by atoms with Gasteiger partial charge in [-0.1, -0.05) is 6.92 Å². The second-order valence-electron chi connectivity index (χ2n) is 3.64. The number of amides is 2. The molecule has 2 amide bonds. The van der Waals surface area contributed by atoms with Crippen LogP contribution in [0.2, 0.25) is 0 Å². The molecular weight excluding hydrogens is 196 g/mol. The molecule has 5 heteroatoms. The molecule has 0 unspecified atom stereocenters. The van der Waals surface area contributed by atoms with Gasteiger partial charge >= 0.3 is 6.09 Å². The van der Waals surface area contributed by atoms with E-state index in [9.17, 15) is 9.59 Å². The van der Waals surface area contributed by atoms with Crippen LogP contribution in [0.1, 0.15) is 26.2 Å². The summed E-state index contributed by atoms with van der Waals surface area (Å²) in [6.07, 6.45) is 1.77. The van der Waals surface area contributed by atoms with Crippen LogP contribution in [0, 0.1) is 0 Å². The van der Waals surface area contributed by atoms with Crippen molar-refractivity contribution in [2.24, 2.45) is 0 Å². The smallest absolute Gasteiger partial charge is 0.407 e. The van der Waals surface area contributed by atoms with E-state index in [1.54, 1.807) is 0 Å². The summed E-state index contributed by atoms with van der Waals surface area (Å²) in [6.45, 7) is 3.31. The third-order valence-electron chi connectivity index (χ3n) is 2.66. The lowest BCUT2D eigenvalue weighted by molar-refractivity contribution is -0.131. The fourth-order valence-electron chi connectivity index (χ4n) is 1.72. The molecule has 1 aliphatic rings. The number of carbonyl (C=O) groups excluding carboxylic acids is 2. The highest BCUT2D eigenvalue weighted by Gasteiger charge is 2.22. The molecule has 0 aromatic carbocycles. The predicted octanol–water partition coefficient (Wildman–Crippen LogP) is 0.743. The summed E-state index contributed by atoms with van der Waals surface area (Å²) in [4.78, 5) is 24.1. The number of methoxy groups -OCH3 is 1. The third kappa shape index (κ3) is 3.42. The predicted molar refractivity (Wildman–Crippen MR) is 55.4 cm³/mol. The van der Waals surface area contributed by atoms with Crippen molar-refractivity contribution < 1.29 is 14.3 Å². The third-order valence-corrected chi connectivity index (χ3v) is 2.66. The molecule has 1 N–H and O–H groups in total. The molecule has 1 rings (SSSR count). The van der Waals surface area contributed by atoms with Crippen LogP contribution in [0.25, 0.3) is 0 Å². The Morgan fingerprint density at radius 2 is 2.00 bits per heavy atom. The van der Waals surface area contributed by atoms with Crippen molar-refractivity contribution in [3.05, 3.63) is 0 Å². The van der Waals surface area contributed by atoms with Crippen LogP contribution in [0.4, 0.5) is 4.79 Å². The Hall–Kier alpha value is -1.26. The lowest BCUT2D eigenvalue weighted by atomic mass is 10.1. The summed E-state index contributed by atoms with van der Waals surface area (Å²) in [5.41, 5.74) is 0. The topological polar surface area (TPSA) is 58.6 Å². The Morgan fingerprint density at radius 1 is 1.40 bits per heavy atom. The fraction of sp³-hybridized carbons (Fsp3) is 0.800. The fourth-order valence-corrected chi connectivity index (χ4v) is 1.72. The van der Waals surface area contributed by atoms with Crippen molar-refractivity contribution in [1.29, 1.82) is 0 Å². The monoisotopic (exact) mass is 214 g/mol. The second-order valence-corrected chi connectivity index (χ2v) is 3.64. The summed E-state index contributed by atoms with van der Waals surface area (Å²) in [6, 6.07) is 0.137. The molecular formula is C10H18N2O3. The first-order valence-corrected chi connectivity index (χ1v) is 5.29. The molecule has 86 valence electrons. The number of nitrogens with zero attached hydrogens (tertiary/aromatic N) is 1. The van der Waals surface area contributed by atoms with Gasteiger partial charge in [0.1, 0.15) is 0 Å². The molecule has 0 bridgehead atoms. The van der Waals surface area contributed by atoms with E-state index in [-0.39, 0.29) is 11.9 Å². The van der Waals surface area contributed by atoms with Gasteiger partial charge in [0.05, 0.1) is 7.11 Å². The quantitative estimate of drug-likeness (QED) is 0.737. The van der Waals surface area contributed by atoms with Gasteiger partial charge in [-0.05, 0) is 12.8 Å². The van der Waals surface area contributed by atoms with E-state index < -0.39 is 6.09 Å². The molecule has 15 heavy (non-hydrogen) atoms. The molecule has 1 fully saturated rings. The maximum absolute atomic E-state index is 11.4. The van der Waals surface area contributed by atoms with Crippen LogP contribution in [-0.2, 0) is 9.53 Å². The van der Waals surface area contributed by atoms with Gasteiger partial charge in [-0.3, -0.25) is 4.79 Å². The summed E-state index contributed by atoms with van der Waals surface area (Å²) >= 11 is 0. The molecule has 0 aliphatic carbocycles. The number of hydrogen-bond acceptors (Lipinski definition) is 3. The second kappa shape index (κ2) is 5.58. The first kappa shape index (κ1) is 11.8. The number of rotatable bonds is 2. The number of carbonyl (C=O) groups is 2. The Bertz CT molecular complexity index is 235. The molecule has 5 nitrogen and oxygen atoms in total. The molecule has 0 spiro atoms. The van der Waals surface area contributed by atoms with E-state index >= 15 is 0 Å². The van der Waals surface area contributed by atoms with Crippen LogP contribution < -0.4 is 5.32 Å². The average molecular weight is 214 g/mol. The van der Waals surface area contributed by atoms with E-state index in [1.165, 1.54) is 7.11 Å². The van der Waals surface area contributed by atoms with Crippen molar-refractivity contribution in [3.63, 3.8) is 0 Å². The zero-order valence-electron chi connectivity index (χ0n) is 9.28. The Labute approximate surface area is 89.8 Å². The van der Waals surface area contributed by atoms with E-state index in [1.807, 2.05) is 11.8 Å². The summed E-state index contributed by atoms with van der Waals surface area (Å²) in [7, 11) is 1.35. The maximum Gasteiger partial charge on any atom is 0.407 e. The van der Waals surface area contributed by atoms with Gasteiger partial charge in [0.25, 0.3) is 0 Å². The minimum Gasteiger partial charge on any atom is -0.453 e. The number of alkyl carbamates (subject to hydrolysis) is 1. The number of nitrogens with one attached hydrogen (secondary N) is 1. The number of likely N-dealkylation sites (tertiary alicyclic amines) is 1. The summed E-state index contributed by atoms with van der Waals surface area (Å²) in [5, 5.41) is 2.75. The van der Waals surface area contributed by atoms with Crippen molar-refractivity contribution in [3.8, 4) is 0 Å². The molecule has 0 saturated carbocycles. The number of piperidine rings is 1. The van der Waals surface area contributed by atoms with Crippen LogP contribution in [0.5, 0.6) is 0 Å². The normalized spacial score (nSPS) is 17.3. The van der Waals surface area contributed by atoms with Crippen LogP contribution >= 0.6 is 0 Å². The largest absolute Gasteiger partial charge is 0.453 e. The zero-order chi connectivity index (χ0) is 11.3. The average Bonchev–Trinajstić information content (AvgIpc) is 2.29. The highest BCUT2D eigenvalue weighted by molar-refractivity contribution is 5.76. The van der Waals surface area contributed by atoms with Gasteiger partial charge in [0.15, 0.2) is 0 Å². The highest BCUT2D eigenvalue weighted by atomic mass is 16.5. The lowest BCUT2D eigenvalue weighted by Gasteiger charge is -2.31.